The van der Waals surface area contributed by atoms with Crippen LogP contribution >= 0.6 is 23.4 Å². The normalized spacial score (nSPS) is 12.1. The summed E-state index contributed by atoms with van der Waals surface area (Å²) < 4.78 is 1.63. The number of hydrogen-bond acceptors (Lipinski definition) is 5. The molecule has 1 atom stereocenters. The lowest BCUT2D eigenvalue weighted by Crippen LogP contribution is -2.01. The van der Waals surface area contributed by atoms with Gasteiger partial charge in [0.2, 0.25) is 5.16 Å². The third kappa shape index (κ3) is 3.00. The van der Waals surface area contributed by atoms with E-state index in [9.17, 15) is 0 Å². The number of nitriles is 1. The maximum absolute atomic E-state index is 8.74. The van der Waals surface area contributed by atoms with E-state index in [1.807, 2.05) is 19.1 Å². The molecule has 1 aromatic heterocycles. The summed E-state index contributed by atoms with van der Waals surface area (Å²) in [6.45, 7) is 1.86. The van der Waals surface area contributed by atoms with Crippen LogP contribution in [0.4, 0.5) is 0 Å². The Bertz CT molecular complexity index is 560. The third-order valence-corrected chi connectivity index (χ3v) is 3.63. The molecule has 2 rings (SSSR count). The van der Waals surface area contributed by atoms with E-state index in [2.05, 4.69) is 21.6 Å². The van der Waals surface area contributed by atoms with Gasteiger partial charge in [-0.25, -0.2) is 0 Å². The van der Waals surface area contributed by atoms with E-state index in [1.54, 1.807) is 16.8 Å². The Hall–Kier alpha value is -1.58. The molecule has 0 bridgehead atoms. The van der Waals surface area contributed by atoms with Crippen molar-refractivity contribution >= 4 is 23.4 Å². The van der Waals surface area contributed by atoms with Crippen LogP contribution in [0.15, 0.2) is 29.4 Å². The molecule has 0 aliphatic heterocycles. The Labute approximate surface area is 114 Å². The van der Waals surface area contributed by atoms with Gasteiger partial charge in [0.1, 0.15) is 0 Å². The second-order valence-electron chi connectivity index (χ2n) is 3.69. The second kappa shape index (κ2) is 5.85. The van der Waals surface area contributed by atoms with Crippen molar-refractivity contribution in [3.63, 3.8) is 0 Å². The summed E-state index contributed by atoms with van der Waals surface area (Å²) in [6.07, 6.45) is 0. The average Bonchev–Trinajstić information content (AvgIpc) is 2.85. The molecule has 92 valence electrons. The molecule has 7 heteroatoms. The highest BCUT2D eigenvalue weighted by molar-refractivity contribution is 7.99. The second-order valence-corrected chi connectivity index (χ2v) is 5.11. The molecule has 1 aromatic carbocycles. The van der Waals surface area contributed by atoms with Crippen molar-refractivity contribution in [3.05, 3.63) is 29.3 Å². The van der Waals surface area contributed by atoms with Crippen molar-refractivity contribution in [1.82, 2.24) is 20.2 Å². The minimum absolute atomic E-state index is 0.0367. The van der Waals surface area contributed by atoms with Crippen molar-refractivity contribution in [2.75, 3.05) is 5.75 Å². The Kier molecular flexibility index (Phi) is 4.18. The maximum atomic E-state index is 8.74. The molecule has 0 aliphatic carbocycles. The van der Waals surface area contributed by atoms with Gasteiger partial charge in [-0.3, -0.25) is 0 Å². The summed E-state index contributed by atoms with van der Waals surface area (Å²) in [5.41, 5.74) is 0.844. The number of thioether (sulfide) groups is 1. The molecular weight excluding hydrogens is 270 g/mol. The van der Waals surface area contributed by atoms with E-state index < -0.39 is 0 Å². The van der Waals surface area contributed by atoms with Crippen molar-refractivity contribution < 1.29 is 0 Å². The van der Waals surface area contributed by atoms with E-state index >= 15 is 0 Å². The van der Waals surface area contributed by atoms with Crippen LogP contribution < -0.4 is 0 Å². The smallest absolute Gasteiger partial charge is 0.198 e. The van der Waals surface area contributed by atoms with Crippen molar-refractivity contribution in [2.24, 2.45) is 5.92 Å². The first-order valence-electron chi connectivity index (χ1n) is 5.27. The summed E-state index contributed by atoms with van der Waals surface area (Å²) in [5.74, 6) is 0.621. The van der Waals surface area contributed by atoms with Gasteiger partial charge in [-0.05, 0) is 41.6 Å². The van der Waals surface area contributed by atoms with Crippen LogP contribution in [0.3, 0.4) is 0 Å². The largest absolute Gasteiger partial charge is 0.214 e. The van der Waals surface area contributed by atoms with Gasteiger partial charge in [0.25, 0.3) is 0 Å². The Balaban J connectivity index is 2.17. The lowest BCUT2D eigenvalue weighted by atomic mass is 10.3. The molecule has 0 saturated carbocycles. The van der Waals surface area contributed by atoms with E-state index in [1.165, 1.54) is 11.8 Å². The zero-order valence-corrected chi connectivity index (χ0v) is 11.2. The van der Waals surface area contributed by atoms with Crippen LogP contribution in [0.1, 0.15) is 6.92 Å². The topological polar surface area (TPSA) is 67.4 Å². The highest BCUT2D eigenvalue weighted by Gasteiger charge is 2.10. The Morgan fingerprint density at radius 2 is 2.17 bits per heavy atom. The maximum Gasteiger partial charge on any atom is 0.214 e. The predicted octanol–water partition coefficient (Wildman–Crippen LogP) is 2.57. The van der Waals surface area contributed by atoms with Gasteiger partial charge in [-0.15, -0.1) is 5.10 Å². The third-order valence-electron chi connectivity index (χ3n) is 2.19. The number of aromatic nitrogens is 4. The van der Waals surface area contributed by atoms with E-state index in [0.29, 0.717) is 15.9 Å². The van der Waals surface area contributed by atoms with Gasteiger partial charge >= 0.3 is 0 Å². The molecule has 0 N–H and O–H groups in total. The predicted molar refractivity (Wildman–Crippen MR) is 69.7 cm³/mol. The summed E-state index contributed by atoms with van der Waals surface area (Å²) in [6, 6.07) is 9.43. The van der Waals surface area contributed by atoms with Crippen LogP contribution in [-0.4, -0.2) is 26.0 Å². The highest BCUT2D eigenvalue weighted by Crippen LogP contribution is 2.21. The van der Waals surface area contributed by atoms with Gasteiger partial charge in [-0.1, -0.05) is 23.4 Å². The van der Waals surface area contributed by atoms with E-state index in [4.69, 9.17) is 16.9 Å². The SMILES string of the molecule is C[C@@H](C#N)CSc1nnnn1-c1ccc(Cl)cc1. The number of rotatable bonds is 4. The fourth-order valence-corrected chi connectivity index (χ4v) is 2.21. The fourth-order valence-electron chi connectivity index (χ4n) is 1.25. The molecule has 0 amide bonds. The van der Waals surface area contributed by atoms with Crippen LogP contribution in [-0.2, 0) is 0 Å². The monoisotopic (exact) mass is 279 g/mol. The highest BCUT2D eigenvalue weighted by atomic mass is 35.5. The van der Waals surface area contributed by atoms with Crippen LogP contribution in [0.25, 0.3) is 5.69 Å². The molecule has 0 saturated heterocycles. The first-order chi connectivity index (χ1) is 8.70. The summed E-state index contributed by atoms with van der Waals surface area (Å²) in [5, 5.41) is 21.6. The number of nitrogens with zero attached hydrogens (tertiary/aromatic N) is 5. The number of halogens is 1. The number of benzene rings is 1. The van der Waals surface area contributed by atoms with Crippen molar-refractivity contribution in [1.29, 1.82) is 5.26 Å². The van der Waals surface area contributed by atoms with Gasteiger partial charge in [0.05, 0.1) is 17.7 Å². The number of tetrazole rings is 1. The van der Waals surface area contributed by atoms with E-state index in [0.717, 1.165) is 5.69 Å². The molecule has 0 aliphatic rings. The molecule has 0 radical (unpaired) electrons. The summed E-state index contributed by atoms with van der Waals surface area (Å²) >= 11 is 7.29. The van der Waals surface area contributed by atoms with Crippen LogP contribution in [0.5, 0.6) is 0 Å². The standard InChI is InChI=1S/C11H10ClN5S/c1-8(6-13)7-18-11-14-15-16-17(11)10-4-2-9(12)3-5-10/h2-5,8H,7H2,1H3/t8-/m0/s1. The van der Waals surface area contributed by atoms with Gasteiger partial charge in [0.15, 0.2) is 0 Å². The average molecular weight is 280 g/mol. The zero-order chi connectivity index (χ0) is 13.0. The quantitative estimate of drug-likeness (QED) is 0.805. The summed E-state index contributed by atoms with van der Waals surface area (Å²) in [4.78, 5) is 0. The van der Waals surface area contributed by atoms with Gasteiger partial charge in [-0.2, -0.15) is 9.94 Å². The Morgan fingerprint density at radius 3 is 2.83 bits per heavy atom. The molecule has 5 nitrogen and oxygen atoms in total. The molecule has 2 aromatic rings. The first-order valence-corrected chi connectivity index (χ1v) is 6.64. The first kappa shape index (κ1) is 12.9. The van der Waals surface area contributed by atoms with Gasteiger partial charge < -0.3 is 0 Å². The lowest BCUT2D eigenvalue weighted by Gasteiger charge is -2.04. The molecule has 18 heavy (non-hydrogen) atoms. The van der Waals surface area contributed by atoms with Crippen LogP contribution in [0.2, 0.25) is 5.02 Å². The van der Waals surface area contributed by atoms with E-state index in [-0.39, 0.29) is 5.92 Å². The zero-order valence-electron chi connectivity index (χ0n) is 9.62. The minimum atomic E-state index is -0.0367. The molecule has 0 fully saturated rings. The minimum Gasteiger partial charge on any atom is -0.198 e. The number of hydrogen-bond donors (Lipinski definition) is 0. The van der Waals surface area contributed by atoms with Crippen molar-refractivity contribution in [2.45, 2.75) is 12.1 Å². The lowest BCUT2D eigenvalue weighted by molar-refractivity contribution is 0.754. The molecule has 1 heterocycles. The van der Waals surface area contributed by atoms with Crippen LogP contribution in [0, 0.1) is 17.2 Å². The Morgan fingerprint density at radius 1 is 1.44 bits per heavy atom. The molecule has 0 unspecified atom stereocenters. The molecule has 0 spiro atoms. The van der Waals surface area contributed by atoms with Crippen molar-refractivity contribution in [3.8, 4) is 11.8 Å². The summed E-state index contributed by atoms with van der Waals surface area (Å²) in [7, 11) is 0. The molecular formula is C11H10ClN5S. The fraction of sp³-hybridized carbons (Fsp3) is 0.273. The van der Waals surface area contributed by atoms with Gasteiger partial charge in [0, 0.05) is 10.8 Å².